The standard InChI is InChI=1S/C24H23N5O5S/c1-15(30)25-16-8-11-18(12-9-16)35(31,32)29-24-23(27-19-6-4-5-7-20(19)28-24)26-17-10-13-21(33-2)22(14-17)34-3/h4-14H,1-3H3,(H,25,30)(H,26,27)(H,28,29). The van der Waals surface area contributed by atoms with E-state index in [0.717, 1.165) is 0 Å². The normalized spacial score (nSPS) is 11.1. The van der Waals surface area contributed by atoms with E-state index < -0.39 is 10.0 Å². The Bertz CT molecular complexity index is 1490. The van der Waals surface area contributed by atoms with Crippen molar-refractivity contribution in [2.75, 3.05) is 29.6 Å². The van der Waals surface area contributed by atoms with Gasteiger partial charge in [0.15, 0.2) is 23.1 Å². The number of carbonyl (C=O) groups is 1. The molecule has 0 bridgehead atoms. The second-order valence-corrected chi connectivity index (χ2v) is 9.10. The molecule has 0 saturated heterocycles. The summed E-state index contributed by atoms with van der Waals surface area (Å²) in [4.78, 5) is 20.3. The highest BCUT2D eigenvalue weighted by Crippen LogP contribution is 2.33. The Morgan fingerprint density at radius 2 is 1.40 bits per heavy atom. The molecule has 4 rings (SSSR count). The lowest BCUT2D eigenvalue weighted by Crippen LogP contribution is -2.16. The molecule has 0 unspecified atom stereocenters. The highest BCUT2D eigenvalue weighted by Gasteiger charge is 2.19. The van der Waals surface area contributed by atoms with Gasteiger partial charge in [0.1, 0.15) is 0 Å². The Labute approximate surface area is 202 Å². The number of nitrogens with zero attached hydrogens (tertiary/aromatic N) is 2. The molecule has 0 aliphatic heterocycles. The van der Waals surface area contributed by atoms with Crippen LogP contribution in [0.1, 0.15) is 6.92 Å². The minimum atomic E-state index is -4.02. The number of carbonyl (C=O) groups excluding carboxylic acids is 1. The molecule has 0 atom stereocenters. The first-order valence-electron chi connectivity index (χ1n) is 10.5. The molecule has 3 aromatic carbocycles. The van der Waals surface area contributed by atoms with Gasteiger partial charge in [-0.2, -0.15) is 0 Å². The molecule has 35 heavy (non-hydrogen) atoms. The summed E-state index contributed by atoms with van der Waals surface area (Å²) >= 11 is 0. The summed E-state index contributed by atoms with van der Waals surface area (Å²) in [6.45, 7) is 1.37. The number of nitrogens with one attached hydrogen (secondary N) is 3. The van der Waals surface area contributed by atoms with Crippen molar-refractivity contribution in [1.29, 1.82) is 0 Å². The van der Waals surface area contributed by atoms with Crippen molar-refractivity contribution in [3.05, 3.63) is 66.7 Å². The molecule has 0 fully saturated rings. The van der Waals surface area contributed by atoms with Crippen molar-refractivity contribution >= 4 is 50.0 Å². The average Bonchev–Trinajstić information content (AvgIpc) is 2.84. The van der Waals surface area contributed by atoms with E-state index in [0.29, 0.717) is 33.9 Å². The minimum absolute atomic E-state index is 0.00127. The Morgan fingerprint density at radius 1 is 0.800 bits per heavy atom. The molecule has 0 saturated carbocycles. The lowest BCUT2D eigenvalue weighted by atomic mass is 10.2. The number of methoxy groups -OCH3 is 2. The number of para-hydroxylation sites is 2. The van der Waals surface area contributed by atoms with Gasteiger partial charge in [-0.1, -0.05) is 12.1 Å². The van der Waals surface area contributed by atoms with Crippen LogP contribution in [-0.2, 0) is 14.8 Å². The molecule has 1 amide bonds. The summed E-state index contributed by atoms with van der Waals surface area (Å²) < 4.78 is 39.4. The largest absolute Gasteiger partial charge is 0.493 e. The van der Waals surface area contributed by atoms with Gasteiger partial charge in [-0.25, -0.2) is 18.4 Å². The second kappa shape index (κ2) is 9.85. The van der Waals surface area contributed by atoms with Crippen molar-refractivity contribution in [2.45, 2.75) is 11.8 Å². The zero-order valence-corrected chi connectivity index (χ0v) is 20.0. The van der Waals surface area contributed by atoms with E-state index in [1.807, 2.05) is 6.07 Å². The molecule has 0 radical (unpaired) electrons. The van der Waals surface area contributed by atoms with Gasteiger partial charge >= 0.3 is 0 Å². The number of benzene rings is 3. The average molecular weight is 494 g/mol. The predicted molar refractivity (Wildman–Crippen MR) is 134 cm³/mol. The maximum absolute atomic E-state index is 13.1. The number of fused-ring (bicyclic) bond motifs is 1. The first-order chi connectivity index (χ1) is 16.8. The monoisotopic (exact) mass is 493 g/mol. The second-order valence-electron chi connectivity index (χ2n) is 7.42. The number of amides is 1. The molecule has 0 aliphatic carbocycles. The molecule has 3 N–H and O–H groups in total. The highest BCUT2D eigenvalue weighted by molar-refractivity contribution is 7.92. The Kier molecular flexibility index (Phi) is 6.69. The summed E-state index contributed by atoms with van der Waals surface area (Å²) in [7, 11) is -0.956. The summed E-state index contributed by atoms with van der Waals surface area (Å²) in [6, 6.07) is 18.1. The fraction of sp³-hybridized carbons (Fsp3) is 0.125. The molecule has 4 aromatic rings. The lowest BCUT2D eigenvalue weighted by molar-refractivity contribution is -0.114. The van der Waals surface area contributed by atoms with E-state index in [1.165, 1.54) is 45.4 Å². The molecule has 1 heterocycles. The van der Waals surface area contributed by atoms with Crippen molar-refractivity contribution < 1.29 is 22.7 Å². The van der Waals surface area contributed by atoms with Gasteiger partial charge in [0, 0.05) is 24.4 Å². The molecule has 10 nitrogen and oxygen atoms in total. The van der Waals surface area contributed by atoms with Gasteiger partial charge in [-0.05, 0) is 48.5 Å². The number of rotatable bonds is 8. The van der Waals surface area contributed by atoms with Crippen molar-refractivity contribution in [3.63, 3.8) is 0 Å². The maximum Gasteiger partial charge on any atom is 0.263 e. The quantitative estimate of drug-likeness (QED) is 0.334. The molecular weight excluding hydrogens is 470 g/mol. The number of ether oxygens (including phenoxy) is 2. The van der Waals surface area contributed by atoms with E-state index in [9.17, 15) is 13.2 Å². The van der Waals surface area contributed by atoms with Crippen LogP contribution >= 0.6 is 0 Å². The van der Waals surface area contributed by atoms with Crippen molar-refractivity contribution in [2.24, 2.45) is 0 Å². The summed E-state index contributed by atoms with van der Waals surface area (Å²) in [6.07, 6.45) is 0. The Balaban J connectivity index is 1.71. The minimum Gasteiger partial charge on any atom is -0.493 e. The van der Waals surface area contributed by atoms with E-state index in [2.05, 4.69) is 25.3 Å². The van der Waals surface area contributed by atoms with E-state index >= 15 is 0 Å². The Hall–Kier alpha value is -4.38. The Morgan fingerprint density at radius 3 is 2.00 bits per heavy atom. The lowest BCUT2D eigenvalue weighted by Gasteiger charge is -2.15. The van der Waals surface area contributed by atoms with Gasteiger partial charge in [0.05, 0.1) is 30.1 Å². The van der Waals surface area contributed by atoms with Gasteiger partial charge in [-0.15, -0.1) is 0 Å². The number of anilines is 4. The molecular formula is C24H23N5O5S. The number of aromatic nitrogens is 2. The van der Waals surface area contributed by atoms with Gasteiger partial charge in [-0.3, -0.25) is 9.52 Å². The highest BCUT2D eigenvalue weighted by atomic mass is 32.2. The van der Waals surface area contributed by atoms with E-state index in [4.69, 9.17) is 9.47 Å². The SMILES string of the molecule is COc1ccc(Nc2nc3ccccc3nc2NS(=O)(=O)c2ccc(NC(C)=O)cc2)cc1OC. The number of hydrogen-bond donors (Lipinski definition) is 3. The maximum atomic E-state index is 13.1. The third-order valence-corrected chi connectivity index (χ3v) is 6.29. The summed E-state index contributed by atoms with van der Waals surface area (Å²) in [5.74, 6) is 1.01. The van der Waals surface area contributed by atoms with E-state index in [1.54, 1.807) is 36.4 Å². The van der Waals surface area contributed by atoms with Crippen LogP contribution in [0.3, 0.4) is 0 Å². The van der Waals surface area contributed by atoms with Crippen LogP contribution in [-0.4, -0.2) is 38.5 Å². The number of sulfonamides is 1. The molecule has 0 aliphatic rings. The fourth-order valence-corrected chi connectivity index (χ4v) is 4.33. The van der Waals surface area contributed by atoms with Gasteiger partial charge < -0.3 is 20.1 Å². The van der Waals surface area contributed by atoms with Crippen LogP contribution in [0.25, 0.3) is 11.0 Å². The molecule has 0 spiro atoms. The van der Waals surface area contributed by atoms with Gasteiger partial charge in [0.25, 0.3) is 10.0 Å². The third kappa shape index (κ3) is 5.41. The first kappa shape index (κ1) is 23.8. The summed E-state index contributed by atoms with van der Waals surface area (Å²) in [5.41, 5.74) is 2.17. The van der Waals surface area contributed by atoms with Crippen LogP contribution in [0.2, 0.25) is 0 Å². The van der Waals surface area contributed by atoms with Crippen LogP contribution in [0.15, 0.2) is 71.6 Å². The molecule has 11 heteroatoms. The van der Waals surface area contributed by atoms with Crippen LogP contribution in [0.5, 0.6) is 11.5 Å². The number of hydrogen-bond acceptors (Lipinski definition) is 8. The fourth-order valence-electron chi connectivity index (χ4n) is 3.32. The van der Waals surface area contributed by atoms with Crippen LogP contribution in [0.4, 0.5) is 23.0 Å². The topological polar surface area (TPSA) is 132 Å². The molecule has 180 valence electrons. The van der Waals surface area contributed by atoms with Crippen molar-refractivity contribution in [3.8, 4) is 11.5 Å². The zero-order chi connectivity index (χ0) is 25.0. The van der Waals surface area contributed by atoms with E-state index in [-0.39, 0.29) is 22.4 Å². The van der Waals surface area contributed by atoms with Gasteiger partial charge in [0.2, 0.25) is 5.91 Å². The zero-order valence-electron chi connectivity index (χ0n) is 19.2. The summed E-state index contributed by atoms with van der Waals surface area (Å²) in [5, 5.41) is 5.71. The predicted octanol–water partition coefficient (Wildman–Crippen LogP) is 4.15. The van der Waals surface area contributed by atoms with Crippen LogP contribution < -0.4 is 24.8 Å². The smallest absolute Gasteiger partial charge is 0.263 e. The van der Waals surface area contributed by atoms with Crippen LogP contribution in [0, 0.1) is 0 Å². The first-order valence-corrected chi connectivity index (χ1v) is 11.9. The molecule has 1 aromatic heterocycles. The third-order valence-electron chi connectivity index (χ3n) is 4.93. The van der Waals surface area contributed by atoms with Crippen molar-refractivity contribution in [1.82, 2.24) is 9.97 Å².